The first-order valence-electron chi connectivity index (χ1n) is 7.72. The Kier molecular flexibility index (Phi) is 4.60. The molecule has 3 rings (SSSR count). The zero-order valence-corrected chi connectivity index (χ0v) is 12.1. The van der Waals surface area contributed by atoms with Crippen LogP contribution in [0, 0.1) is 0 Å². The zero-order chi connectivity index (χ0) is 14.5. The molecule has 1 aromatic carbocycles. The van der Waals surface area contributed by atoms with E-state index in [1.54, 1.807) is 0 Å². The van der Waals surface area contributed by atoms with Gasteiger partial charge in [0.2, 0.25) is 0 Å². The fourth-order valence-electron chi connectivity index (χ4n) is 2.63. The number of anilines is 1. The van der Waals surface area contributed by atoms with E-state index >= 15 is 0 Å². The predicted molar refractivity (Wildman–Crippen MR) is 80.7 cm³/mol. The SMILES string of the molecule is O=C(Nc1ccccc1OCC1CO1)NC1CCCCC1. The lowest BCUT2D eigenvalue weighted by molar-refractivity contribution is 0.243. The van der Waals surface area contributed by atoms with Gasteiger partial charge in [0.1, 0.15) is 18.5 Å². The lowest BCUT2D eigenvalue weighted by Crippen LogP contribution is -2.39. The second kappa shape index (κ2) is 6.80. The number of benzene rings is 1. The van der Waals surface area contributed by atoms with Crippen LogP contribution in [0.2, 0.25) is 0 Å². The van der Waals surface area contributed by atoms with E-state index < -0.39 is 0 Å². The Morgan fingerprint density at radius 2 is 2.00 bits per heavy atom. The standard InChI is InChI=1S/C16H22N2O3/c19-16(17-12-6-2-1-3-7-12)18-14-8-4-5-9-15(14)21-11-13-10-20-13/h4-5,8-9,12-13H,1-3,6-7,10-11H2,(H2,17,18,19). The molecule has 0 aromatic heterocycles. The number of hydrogen-bond acceptors (Lipinski definition) is 3. The van der Waals surface area contributed by atoms with E-state index in [4.69, 9.17) is 9.47 Å². The smallest absolute Gasteiger partial charge is 0.319 e. The quantitative estimate of drug-likeness (QED) is 0.820. The van der Waals surface area contributed by atoms with Crippen molar-refractivity contribution in [2.24, 2.45) is 0 Å². The summed E-state index contributed by atoms with van der Waals surface area (Å²) in [5.41, 5.74) is 0.700. The van der Waals surface area contributed by atoms with Crippen LogP contribution >= 0.6 is 0 Å². The summed E-state index contributed by atoms with van der Waals surface area (Å²) in [5.74, 6) is 0.687. The number of hydrogen-bond donors (Lipinski definition) is 2. The van der Waals surface area contributed by atoms with Crippen molar-refractivity contribution in [3.63, 3.8) is 0 Å². The predicted octanol–water partition coefficient (Wildman–Crippen LogP) is 2.92. The first kappa shape index (κ1) is 14.2. The lowest BCUT2D eigenvalue weighted by atomic mass is 9.96. The summed E-state index contributed by atoms with van der Waals surface area (Å²) in [5, 5.41) is 5.93. The van der Waals surface area contributed by atoms with E-state index in [0.717, 1.165) is 19.4 Å². The van der Waals surface area contributed by atoms with Crippen LogP contribution in [0.5, 0.6) is 5.75 Å². The number of ether oxygens (including phenoxy) is 2. The van der Waals surface area contributed by atoms with E-state index in [9.17, 15) is 4.79 Å². The molecule has 1 aliphatic heterocycles. The van der Waals surface area contributed by atoms with E-state index in [0.29, 0.717) is 24.1 Å². The van der Waals surface area contributed by atoms with Gasteiger partial charge in [-0.3, -0.25) is 0 Å². The second-order valence-corrected chi connectivity index (χ2v) is 5.70. The molecular formula is C16H22N2O3. The maximum absolute atomic E-state index is 12.1. The molecule has 0 bridgehead atoms. The monoisotopic (exact) mass is 290 g/mol. The Hall–Kier alpha value is -1.75. The minimum Gasteiger partial charge on any atom is -0.489 e. The topological polar surface area (TPSA) is 62.9 Å². The van der Waals surface area contributed by atoms with E-state index in [1.165, 1.54) is 19.3 Å². The van der Waals surface area contributed by atoms with Gasteiger partial charge in [-0.1, -0.05) is 31.4 Å². The van der Waals surface area contributed by atoms with Gasteiger partial charge in [-0.15, -0.1) is 0 Å². The molecule has 2 fully saturated rings. The van der Waals surface area contributed by atoms with Crippen molar-refractivity contribution in [2.75, 3.05) is 18.5 Å². The van der Waals surface area contributed by atoms with Gasteiger partial charge in [0.25, 0.3) is 0 Å². The molecule has 1 aliphatic carbocycles. The van der Waals surface area contributed by atoms with Crippen molar-refractivity contribution in [3.8, 4) is 5.75 Å². The maximum atomic E-state index is 12.1. The van der Waals surface area contributed by atoms with E-state index in [-0.39, 0.29) is 12.1 Å². The number of para-hydroxylation sites is 2. The molecule has 5 heteroatoms. The average molecular weight is 290 g/mol. The van der Waals surface area contributed by atoms with Gasteiger partial charge in [0.05, 0.1) is 12.3 Å². The van der Waals surface area contributed by atoms with Gasteiger partial charge in [-0.2, -0.15) is 0 Å². The number of urea groups is 1. The average Bonchev–Trinajstić information content (AvgIpc) is 3.31. The molecule has 2 aliphatic rings. The van der Waals surface area contributed by atoms with Crippen molar-refractivity contribution in [1.29, 1.82) is 0 Å². The Labute approximate surface area is 125 Å². The minimum absolute atomic E-state index is 0.152. The normalized spacial score (nSPS) is 21.6. The highest BCUT2D eigenvalue weighted by Gasteiger charge is 2.23. The maximum Gasteiger partial charge on any atom is 0.319 e. The molecule has 5 nitrogen and oxygen atoms in total. The van der Waals surface area contributed by atoms with E-state index in [2.05, 4.69) is 10.6 Å². The fourth-order valence-corrected chi connectivity index (χ4v) is 2.63. The van der Waals surface area contributed by atoms with Crippen LogP contribution in [0.15, 0.2) is 24.3 Å². The third kappa shape index (κ3) is 4.36. The summed E-state index contributed by atoms with van der Waals surface area (Å²) >= 11 is 0. The summed E-state index contributed by atoms with van der Waals surface area (Å²) in [7, 11) is 0. The third-order valence-electron chi connectivity index (χ3n) is 3.90. The highest BCUT2D eigenvalue weighted by Crippen LogP contribution is 2.25. The Morgan fingerprint density at radius 3 is 2.76 bits per heavy atom. The van der Waals surface area contributed by atoms with E-state index in [1.807, 2.05) is 24.3 Å². The Balaban J connectivity index is 1.53. The molecule has 21 heavy (non-hydrogen) atoms. The summed E-state index contributed by atoms with van der Waals surface area (Å²) in [6, 6.07) is 7.64. The van der Waals surface area contributed by atoms with Crippen molar-refractivity contribution < 1.29 is 14.3 Å². The third-order valence-corrected chi connectivity index (χ3v) is 3.90. The highest BCUT2D eigenvalue weighted by atomic mass is 16.6. The van der Waals surface area contributed by atoms with Crippen molar-refractivity contribution >= 4 is 11.7 Å². The van der Waals surface area contributed by atoms with Gasteiger partial charge < -0.3 is 20.1 Å². The molecule has 1 saturated heterocycles. The first-order chi connectivity index (χ1) is 10.3. The van der Waals surface area contributed by atoms with Crippen LogP contribution in [-0.2, 0) is 4.74 Å². The summed E-state index contributed by atoms with van der Waals surface area (Å²) in [4.78, 5) is 12.1. The molecule has 1 aromatic rings. The largest absolute Gasteiger partial charge is 0.489 e. The Morgan fingerprint density at radius 1 is 1.24 bits per heavy atom. The number of carbonyl (C=O) groups is 1. The number of carbonyl (C=O) groups excluding carboxylic acids is 1. The number of epoxide rings is 1. The molecule has 114 valence electrons. The molecule has 1 heterocycles. The molecule has 2 N–H and O–H groups in total. The van der Waals surface area contributed by atoms with Gasteiger partial charge in [-0.25, -0.2) is 4.79 Å². The number of nitrogens with one attached hydrogen (secondary N) is 2. The van der Waals surface area contributed by atoms with Gasteiger partial charge in [-0.05, 0) is 25.0 Å². The van der Waals surface area contributed by atoms with Crippen LogP contribution in [0.3, 0.4) is 0 Å². The van der Waals surface area contributed by atoms with Gasteiger partial charge in [0, 0.05) is 6.04 Å². The van der Waals surface area contributed by atoms with Gasteiger partial charge >= 0.3 is 6.03 Å². The van der Waals surface area contributed by atoms with Crippen molar-refractivity contribution in [3.05, 3.63) is 24.3 Å². The molecular weight excluding hydrogens is 268 g/mol. The van der Waals surface area contributed by atoms with Crippen LogP contribution in [-0.4, -0.2) is 31.4 Å². The van der Waals surface area contributed by atoms with Crippen LogP contribution < -0.4 is 15.4 Å². The Bertz CT molecular complexity index is 482. The lowest BCUT2D eigenvalue weighted by Gasteiger charge is -2.23. The van der Waals surface area contributed by atoms with Crippen molar-refractivity contribution in [1.82, 2.24) is 5.32 Å². The molecule has 0 radical (unpaired) electrons. The minimum atomic E-state index is -0.152. The molecule has 1 saturated carbocycles. The summed E-state index contributed by atoms with van der Waals surface area (Å²) in [6.45, 7) is 1.29. The molecule has 1 atom stereocenters. The summed E-state index contributed by atoms with van der Waals surface area (Å²) < 4.78 is 10.8. The number of rotatable bonds is 5. The molecule has 2 amide bonds. The van der Waals surface area contributed by atoms with Crippen LogP contribution in [0.1, 0.15) is 32.1 Å². The van der Waals surface area contributed by atoms with Crippen LogP contribution in [0.25, 0.3) is 0 Å². The zero-order valence-electron chi connectivity index (χ0n) is 12.1. The molecule has 1 unspecified atom stereocenters. The highest BCUT2D eigenvalue weighted by molar-refractivity contribution is 5.91. The first-order valence-corrected chi connectivity index (χ1v) is 7.72. The van der Waals surface area contributed by atoms with Gasteiger partial charge in [0.15, 0.2) is 0 Å². The summed E-state index contributed by atoms with van der Waals surface area (Å²) in [6.07, 6.45) is 6.03. The van der Waals surface area contributed by atoms with Crippen LogP contribution in [0.4, 0.5) is 10.5 Å². The fraction of sp³-hybridized carbons (Fsp3) is 0.562. The number of amides is 2. The van der Waals surface area contributed by atoms with Crippen molar-refractivity contribution in [2.45, 2.75) is 44.2 Å². The second-order valence-electron chi connectivity index (χ2n) is 5.70. The molecule has 0 spiro atoms.